The summed E-state index contributed by atoms with van der Waals surface area (Å²) in [6.45, 7) is 1.52. The Morgan fingerprint density at radius 2 is 2.08 bits per heavy atom. The molecule has 13 heavy (non-hydrogen) atoms. The van der Waals surface area contributed by atoms with Crippen molar-refractivity contribution in [1.82, 2.24) is 0 Å². The van der Waals surface area contributed by atoms with Gasteiger partial charge in [-0.05, 0) is 18.5 Å². The molecule has 1 rings (SSSR count). The molecule has 2 atom stereocenters. The van der Waals surface area contributed by atoms with Crippen molar-refractivity contribution in [2.75, 3.05) is 0 Å². The zero-order chi connectivity index (χ0) is 10.1. The standard InChI is InChI=1S/C9H9ClO3/c1-9(8(10)13)5-3-2-4-6(9)7(11)12/h2-6H,1H3,(H,11,12). The maximum Gasteiger partial charge on any atom is 0.311 e. The lowest BCUT2D eigenvalue weighted by Gasteiger charge is -2.28. The van der Waals surface area contributed by atoms with E-state index in [-0.39, 0.29) is 0 Å². The van der Waals surface area contributed by atoms with E-state index in [2.05, 4.69) is 0 Å². The lowest BCUT2D eigenvalue weighted by Crippen LogP contribution is -2.36. The van der Waals surface area contributed by atoms with Gasteiger partial charge in [0.05, 0.1) is 11.3 Å². The van der Waals surface area contributed by atoms with Crippen LogP contribution >= 0.6 is 11.6 Å². The minimum absolute atomic E-state index is 0.652. The molecular weight excluding hydrogens is 192 g/mol. The summed E-state index contributed by atoms with van der Waals surface area (Å²) in [6.07, 6.45) is 6.20. The summed E-state index contributed by atoms with van der Waals surface area (Å²) in [5, 5.41) is 8.17. The van der Waals surface area contributed by atoms with E-state index in [1.165, 1.54) is 19.1 Å². The van der Waals surface area contributed by atoms with Crippen LogP contribution in [0.2, 0.25) is 0 Å². The Hall–Kier alpha value is -1.09. The van der Waals surface area contributed by atoms with E-state index >= 15 is 0 Å². The van der Waals surface area contributed by atoms with Gasteiger partial charge in [-0.1, -0.05) is 24.3 Å². The second-order valence-electron chi connectivity index (χ2n) is 3.12. The van der Waals surface area contributed by atoms with Gasteiger partial charge in [-0.3, -0.25) is 9.59 Å². The van der Waals surface area contributed by atoms with Gasteiger partial charge in [0.2, 0.25) is 5.24 Å². The third kappa shape index (κ3) is 1.65. The van der Waals surface area contributed by atoms with E-state index in [1.807, 2.05) is 0 Å². The van der Waals surface area contributed by atoms with E-state index in [0.717, 1.165) is 0 Å². The smallest absolute Gasteiger partial charge is 0.311 e. The Kier molecular flexibility index (Phi) is 2.57. The minimum atomic E-state index is -1.12. The molecule has 0 radical (unpaired) electrons. The van der Waals surface area contributed by atoms with Crippen LogP contribution in [0, 0.1) is 11.3 Å². The SMILES string of the molecule is CC1(C(=O)Cl)C=CC=CC1C(=O)O. The molecule has 4 heteroatoms. The molecule has 70 valence electrons. The number of carboxylic acids is 1. The number of halogens is 1. The van der Waals surface area contributed by atoms with Gasteiger partial charge in [0.1, 0.15) is 0 Å². The lowest BCUT2D eigenvalue weighted by molar-refractivity contribution is -0.145. The van der Waals surface area contributed by atoms with Crippen LogP contribution in [0.25, 0.3) is 0 Å². The molecule has 1 aliphatic rings. The first-order valence-corrected chi connectivity index (χ1v) is 4.15. The first-order valence-electron chi connectivity index (χ1n) is 3.77. The van der Waals surface area contributed by atoms with Gasteiger partial charge in [-0.15, -0.1) is 0 Å². The second-order valence-corrected chi connectivity index (χ2v) is 3.46. The molecule has 0 amide bonds. The molecular formula is C9H9ClO3. The maximum atomic E-state index is 11.1. The second kappa shape index (κ2) is 3.34. The quantitative estimate of drug-likeness (QED) is 0.689. The summed E-state index contributed by atoms with van der Waals surface area (Å²) in [7, 11) is 0. The molecule has 0 spiro atoms. The fourth-order valence-electron chi connectivity index (χ4n) is 1.26. The molecule has 0 saturated carbocycles. The molecule has 1 N–H and O–H groups in total. The highest BCUT2D eigenvalue weighted by Crippen LogP contribution is 2.35. The van der Waals surface area contributed by atoms with Gasteiger partial charge in [-0.25, -0.2) is 0 Å². The molecule has 0 aliphatic heterocycles. The largest absolute Gasteiger partial charge is 0.481 e. The zero-order valence-corrected chi connectivity index (χ0v) is 7.78. The zero-order valence-electron chi connectivity index (χ0n) is 7.03. The van der Waals surface area contributed by atoms with Crippen molar-refractivity contribution in [2.24, 2.45) is 11.3 Å². The number of allylic oxidation sites excluding steroid dienone is 3. The fraction of sp³-hybridized carbons (Fsp3) is 0.333. The predicted molar refractivity (Wildman–Crippen MR) is 48.4 cm³/mol. The third-order valence-corrected chi connectivity index (χ3v) is 2.60. The van der Waals surface area contributed by atoms with E-state index in [1.54, 1.807) is 12.2 Å². The van der Waals surface area contributed by atoms with Crippen LogP contribution in [-0.4, -0.2) is 16.3 Å². The Morgan fingerprint density at radius 1 is 1.46 bits per heavy atom. The van der Waals surface area contributed by atoms with Crippen molar-refractivity contribution in [1.29, 1.82) is 0 Å². The van der Waals surface area contributed by atoms with Crippen molar-refractivity contribution in [2.45, 2.75) is 6.92 Å². The molecule has 0 bridgehead atoms. The predicted octanol–water partition coefficient (Wildman–Crippen LogP) is 1.58. The molecule has 0 fully saturated rings. The van der Waals surface area contributed by atoms with Gasteiger partial charge >= 0.3 is 5.97 Å². The summed E-state index contributed by atoms with van der Waals surface area (Å²) in [5.74, 6) is -1.92. The monoisotopic (exact) mass is 200 g/mol. The summed E-state index contributed by atoms with van der Waals surface area (Å²) < 4.78 is 0. The van der Waals surface area contributed by atoms with E-state index < -0.39 is 22.5 Å². The van der Waals surface area contributed by atoms with Crippen LogP contribution in [-0.2, 0) is 9.59 Å². The fourth-order valence-corrected chi connectivity index (χ4v) is 1.44. The van der Waals surface area contributed by atoms with E-state index in [0.29, 0.717) is 0 Å². The Bertz CT molecular complexity index is 306. The maximum absolute atomic E-state index is 11.1. The minimum Gasteiger partial charge on any atom is -0.481 e. The highest BCUT2D eigenvalue weighted by Gasteiger charge is 2.41. The molecule has 0 aromatic heterocycles. The number of aliphatic carboxylic acids is 1. The Labute approximate surface area is 80.7 Å². The van der Waals surface area contributed by atoms with Gasteiger partial charge < -0.3 is 5.11 Å². The summed E-state index contributed by atoms with van der Waals surface area (Å²) >= 11 is 5.35. The van der Waals surface area contributed by atoms with E-state index in [4.69, 9.17) is 16.7 Å². The molecule has 0 saturated heterocycles. The van der Waals surface area contributed by atoms with Gasteiger partial charge in [0.15, 0.2) is 0 Å². The molecule has 0 aromatic rings. The normalized spacial score (nSPS) is 31.7. The van der Waals surface area contributed by atoms with Crippen molar-refractivity contribution >= 4 is 22.8 Å². The molecule has 0 aromatic carbocycles. The summed E-state index contributed by atoms with van der Waals surface area (Å²) in [6, 6.07) is 0. The number of hydrogen-bond acceptors (Lipinski definition) is 2. The topological polar surface area (TPSA) is 54.4 Å². The Morgan fingerprint density at radius 3 is 2.46 bits per heavy atom. The van der Waals surface area contributed by atoms with Crippen LogP contribution in [0.4, 0.5) is 0 Å². The van der Waals surface area contributed by atoms with Crippen molar-refractivity contribution in [3.05, 3.63) is 24.3 Å². The van der Waals surface area contributed by atoms with E-state index in [9.17, 15) is 9.59 Å². The van der Waals surface area contributed by atoms with Gasteiger partial charge in [0.25, 0.3) is 0 Å². The number of carbonyl (C=O) groups is 2. The number of hydrogen-bond donors (Lipinski definition) is 1. The molecule has 3 nitrogen and oxygen atoms in total. The van der Waals surface area contributed by atoms with Crippen molar-refractivity contribution in [3.8, 4) is 0 Å². The van der Waals surface area contributed by atoms with Gasteiger partial charge in [-0.2, -0.15) is 0 Å². The first-order chi connectivity index (χ1) is 5.98. The summed E-state index contributed by atoms with van der Waals surface area (Å²) in [4.78, 5) is 21.8. The molecule has 0 heterocycles. The molecule has 1 aliphatic carbocycles. The number of rotatable bonds is 2. The van der Waals surface area contributed by atoms with Crippen LogP contribution in [0.1, 0.15) is 6.92 Å². The first kappa shape index (κ1) is 9.99. The van der Waals surface area contributed by atoms with Crippen LogP contribution in [0.3, 0.4) is 0 Å². The third-order valence-electron chi connectivity index (χ3n) is 2.19. The lowest BCUT2D eigenvalue weighted by atomic mass is 9.75. The highest BCUT2D eigenvalue weighted by molar-refractivity contribution is 6.65. The number of carbonyl (C=O) groups excluding carboxylic acids is 1. The number of carboxylic acid groups (broad SMARTS) is 1. The van der Waals surface area contributed by atoms with Gasteiger partial charge in [0, 0.05) is 0 Å². The average molecular weight is 201 g/mol. The van der Waals surface area contributed by atoms with Crippen LogP contribution < -0.4 is 0 Å². The van der Waals surface area contributed by atoms with Crippen molar-refractivity contribution in [3.63, 3.8) is 0 Å². The highest BCUT2D eigenvalue weighted by atomic mass is 35.5. The average Bonchev–Trinajstić information content (AvgIpc) is 2.04. The Balaban J connectivity index is 3.07. The molecule has 2 unspecified atom stereocenters. The van der Waals surface area contributed by atoms with Crippen LogP contribution in [0.15, 0.2) is 24.3 Å². The van der Waals surface area contributed by atoms with Crippen molar-refractivity contribution < 1.29 is 14.7 Å². The summed E-state index contributed by atoms with van der Waals surface area (Å²) in [5.41, 5.74) is -1.12. The van der Waals surface area contributed by atoms with Crippen LogP contribution in [0.5, 0.6) is 0 Å².